The average Bonchev–Trinajstić information content (AvgIpc) is 2.77. The number of benzene rings is 2. The van der Waals surface area contributed by atoms with Crippen LogP contribution in [-0.2, 0) is 6.54 Å². The Morgan fingerprint density at radius 1 is 1.07 bits per heavy atom. The Kier molecular flexibility index (Phi) is 5.45. The van der Waals surface area contributed by atoms with E-state index in [9.17, 15) is 4.79 Å². The molecule has 0 aliphatic carbocycles. The predicted octanol–water partition coefficient (Wildman–Crippen LogP) is 1.76. The summed E-state index contributed by atoms with van der Waals surface area (Å²) in [6, 6.07) is 14.1. The molecule has 4 rings (SSSR count). The first kappa shape index (κ1) is 19.3. The lowest BCUT2D eigenvalue weighted by Gasteiger charge is -2.33. The highest BCUT2D eigenvalue weighted by Gasteiger charge is 2.23. The van der Waals surface area contributed by atoms with Gasteiger partial charge >= 0.3 is 0 Å². The van der Waals surface area contributed by atoms with Gasteiger partial charge in [-0.05, 0) is 25.1 Å². The summed E-state index contributed by atoms with van der Waals surface area (Å²) >= 11 is 0. The van der Waals surface area contributed by atoms with Gasteiger partial charge in [0.2, 0.25) is 0 Å². The summed E-state index contributed by atoms with van der Waals surface area (Å²) in [6.45, 7) is 6.69. The van der Waals surface area contributed by atoms with Gasteiger partial charge in [0, 0.05) is 17.4 Å². The number of rotatable bonds is 5. The second kappa shape index (κ2) is 8.17. The van der Waals surface area contributed by atoms with Crippen LogP contribution in [0.2, 0.25) is 0 Å². The number of piperazine rings is 1. The Morgan fingerprint density at radius 2 is 1.79 bits per heavy atom. The summed E-state index contributed by atoms with van der Waals surface area (Å²) in [5.74, 6) is 1.24. The summed E-state index contributed by atoms with van der Waals surface area (Å²) in [7, 11) is 3.20. The Balaban J connectivity index is 1.58. The smallest absolute Gasteiger partial charge is 0.198 e. The number of aromatic amines is 1. The minimum Gasteiger partial charge on any atom is -0.497 e. The molecular formula is C23H28N3O3+. The van der Waals surface area contributed by atoms with Gasteiger partial charge in [-0.25, -0.2) is 0 Å². The molecule has 3 aromatic rings. The van der Waals surface area contributed by atoms with Gasteiger partial charge in [0.05, 0.1) is 56.9 Å². The molecule has 29 heavy (non-hydrogen) atoms. The zero-order valence-corrected chi connectivity index (χ0v) is 17.2. The first-order chi connectivity index (χ1) is 14.1. The lowest BCUT2D eigenvalue weighted by molar-refractivity contribution is -0.914. The van der Waals surface area contributed by atoms with Crippen molar-refractivity contribution in [2.24, 2.45) is 0 Å². The first-order valence-electron chi connectivity index (χ1n) is 10.0. The molecule has 2 aromatic carbocycles. The Morgan fingerprint density at radius 3 is 2.45 bits per heavy atom. The van der Waals surface area contributed by atoms with Crippen LogP contribution in [0.5, 0.6) is 11.5 Å². The number of fused-ring (bicyclic) bond motifs is 1. The van der Waals surface area contributed by atoms with Crippen LogP contribution < -0.4 is 24.7 Å². The number of methoxy groups -OCH3 is 2. The van der Waals surface area contributed by atoms with E-state index in [0.717, 1.165) is 49.5 Å². The maximum Gasteiger partial charge on any atom is 0.198 e. The fraction of sp³-hybridized carbons (Fsp3) is 0.348. The zero-order valence-electron chi connectivity index (χ0n) is 17.2. The van der Waals surface area contributed by atoms with Crippen LogP contribution >= 0.6 is 0 Å². The molecule has 2 heterocycles. The number of quaternary nitrogens is 1. The maximum absolute atomic E-state index is 13.3. The monoisotopic (exact) mass is 394 g/mol. The van der Waals surface area contributed by atoms with Crippen molar-refractivity contribution in [3.8, 4) is 11.5 Å². The normalized spacial score (nSPS) is 14.9. The molecule has 0 atom stereocenters. The number of ether oxygens (including phenoxy) is 2. The molecule has 2 N–H and O–H groups in total. The summed E-state index contributed by atoms with van der Waals surface area (Å²) in [5, 5.41) is 0.615. The summed E-state index contributed by atoms with van der Waals surface area (Å²) < 4.78 is 10.8. The molecule has 0 spiro atoms. The number of nitrogens with zero attached hydrogens (tertiary/aromatic N) is 1. The molecule has 1 aliphatic rings. The zero-order chi connectivity index (χ0) is 20.4. The minimum atomic E-state index is 0.0615. The van der Waals surface area contributed by atoms with Crippen molar-refractivity contribution in [1.29, 1.82) is 0 Å². The largest absolute Gasteiger partial charge is 0.497 e. The van der Waals surface area contributed by atoms with Gasteiger partial charge in [0.25, 0.3) is 0 Å². The molecule has 1 aromatic heterocycles. The molecule has 1 fully saturated rings. The van der Waals surface area contributed by atoms with Crippen molar-refractivity contribution >= 4 is 16.6 Å². The van der Waals surface area contributed by atoms with Gasteiger partial charge in [0.15, 0.2) is 5.43 Å². The first-order valence-corrected chi connectivity index (χ1v) is 10.0. The Hall–Kier alpha value is -2.99. The van der Waals surface area contributed by atoms with E-state index in [1.807, 2.05) is 13.0 Å². The van der Waals surface area contributed by atoms with Crippen molar-refractivity contribution in [3.05, 3.63) is 63.9 Å². The molecule has 0 saturated carbocycles. The van der Waals surface area contributed by atoms with E-state index in [0.29, 0.717) is 16.9 Å². The van der Waals surface area contributed by atoms with Gasteiger partial charge in [-0.3, -0.25) is 4.79 Å². The lowest BCUT2D eigenvalue weighted by Crippen LogP contribution is -3.13. The number of aromatic nitrogens is 1. The van der Waals surface area contributed by atoms with Crippen molar-refractivity contribution in [2.45, 2.75) is 13.5 Å². The van der Waals surface area contributed by atoms with Gasteiger partial charge in [-0.15, -0.1) is 0 Å². The van der Waals surface area contributed by atoms with Crippen molar-refractivity contribution < 1.29 is 14.4 Å². The number of para-hydroxylation sites is 1. The molecular weight excluding hydrogens is 366 g/mol. The van der Waals surface area contributed by atoms with Gasteiger partial charge in [-0.1, -0.05) is 18.2 Å². The highest BCUT2D eigenvalue weighted by Crippen LogP contribution is 2.28. The summed E-state index contributed by atoms with van der Waals surface area (Å²) in [5.41, 5.74) is 3.81. The number of hydrogen-bond acceptors (Lipinski definition) is 4. The fourth-order valence-corrected chi connectivity index (χ4v) is 4.13. The number of pyridine rings is 1. The van der Waals surface area contributed by atoms with E-state index in [2.05, 4.69) is 34.1 Å². The van der Waals surface area contributed by atoms with Crippen molar-refractivity contribution in [2.75, 3.05) is 45.3 Å². The van der Waals surface area contributed by atoms with Gasteiger partial charge in [-0.2, -0.15) is 0 Å². The van der Waals surface area contributed by atoms with Crippen LogP contribution in [-0.4, -0.2) is 45.4 Å². The van der Waals surface area contributed by atoms with Crippen LogP contribution in [0.4, 0.5) is 5.69 Å². The van der Waals surface area contributed by atoms with Gasteiger partial charge < -0.3 is 24.3 Å². The minimum absolute atomic E-state index is 0.0615. The van der Waals surface area contributed by atoms with Crippen LogP contribution in [0.3, 0.4) is 0 Å². The van der Waals surface area contributed by atoms with E-state index in [-0.39, 0.29) is 5.43 Å². The molecule has 152 valence electrons. The quantitative estimate of drug-likeness (QED) is 0.692. The van der Waals surface area contributed by atoms with E-state index < -0.39 is 0 Å². The third-order valence-electron chi connectivity index (χ3n) is 5.83. The summed E-state index contributed by atoms with van der Waals surface area (Å²) in [4.78, 5) is 20.5. The number of anilines is 1. The number of aryl methyl sites for hydroxylation is 1. The second-order valence-electron chi connectivity index (χ2n) is 7.56. The Bertz CT molecular complexity index is 1050. The number of hydrogen-bond donors (Lipinski definition) is 2. The molecule has 6 heteroatoms. The van der Waals surface area contributed by atoms with Crippen LogP contribution in [0.1, 0.15) is 11.3 Å². The number of H-pyrrole nitrogens is 1. The molecule has 1 aliphatic heterocycles. The molecule has 0 unspecified atom stereocenters. The highest BCUT2D eigenvalue weighted by atomic mass is 16.5. The number of nitrogens with one attached hydrogen (secondary N) is 2. The molecule has 6 nitrogen and oxygen atoms in total. The van der Waals surface area contributed by atoms with Crippen LogP contribution in [0.25, 0.3) is 10.9 Å². The third kappa shape index (κ3) is 3.80. The predicted molar refractivity (Wildman–Crippen MR) is 115 cm³/mol. The standard InChI is InChI=1S/C23H27N3O3/c1-16-20(15-25-9-11-26(12-10-25)17-7-5-4-6-8-17)23(27)19-13-18(28-2)14-21(29-3)22(19)24-16/h4-8,13-14H,9-12,15H2,1-3H3,(H,24,27)/p+1. The average molecular weight is 394 g/mol. The topological polar surface area (TPSA) is 59.0 Å². The SMILES string of the molecule is COc1cc(OC)c2[nH]c(C)c(C[NH+]3CCN(c4ccccc4)CC3)c(=O)c2c1. The summed E-state index contributed by atoms with van der Waals surface area (Å²) in [6.07, 6.45) is 0. The van der Waals surface area contributed by atoms with E-state index >= 15 is 0 Å². The van der Waals surface area contributed by atoms with Gasteiger partial charge in [0.1, 0.15) is 18.0 Å². The lowest BCUT2D eigenvalue weighted by atomic mass is 10.1. The maximum atomic E-state index is 13.3. The van der Waals surface area contributed by atoms with Crippen LogP contribution in [0, 0.1) is 6.92 Å². The van der Waals surface area contributed by atoms with Crippen LogP contribution in [0.15, 0.2) is 47.3 Å². The molecule has 0 radical (unpaired) electrons. The van der Waals surface area contributed by atoms with E-state index in [1.165, 1.54) is 10.6 Å². The highest BCUT2D eigenvalue weighted by molar-refractivity contribution is 5.86. The van der Waals surface area contributed by atoms with E-state index in [1.54, 1.807) is 26.4 Å². The van der Waals surface area contributed by atoms with Crippen molar-refractivity contribution in [1.82, 2.24) is 4.98 Å². The molecule has 0 amide bonds. The van der Waals surface area contributed by atoms with E-state index in [4.69, 9.17) is 9.47 Å². The molecule has 1 saturated heterocycles. The Labute approximate surface area is 170 Å². The molecule has 0 bridgehead atoms. The third-order valence-corrected chi connectivity index (χ3v) is 5.83. The fourth-order valence-electron chi connectivity index (χ4n) is 4.13. The second-order valence-corrected chi connectivity index (χ2v) is 7.56. The van der Waals surface area contributed by atoms with Crippen molar-refractivity contribution in [3.63, 3.8) is 0 Å².